The monoisotopic (exact) mass is 238 g/mol. The summed E-state index contributed by atoms with van der Waals surface area (Å²) in [7, 11) is 0. The Hall–Kier alpha value is -1.42. The quantitative estimate of drug-likeness (QED) is 0.737. The normalized spacial score (nSPS) is 12.2. The first kappa shape index (κ1) is 13.6. The first-order valence-corrected chi connectivity index (χ1v) is 5.80. The minimum atomic E-state index is -0.208. The van der Waals surface area contributed by atoms with Crippen LogP contribution in [0.1, 0.15) is 19.4 Å². The van der Waals surface area contributed by atoms with Gasteiger partial charge in [-0.3, -0.25) is 4.79 Å². The molecule has 1 aromatic rings. The van der Waals surface area contributed by atoms with E-state index in [1.54, 1.807) is 12.1 Å². The number of hydrogen-bond donors (Lipinski definition) is 2. The van der Waals surface area contributed by atoms with Gasteiger partial charge in [0.1, 0.15) is 5.82 Å². The average molecular weight is 238 g/mol. The first-order valence-electron chi connectivity index (χ1n) is 5.80. The van der Waals surface area contributed by atoms with Crippen molar-refractivity contribution >= 4 is 5.91 Å². The Balaban J connectivity index is 2.22. The van der Waals surface area contributed by atoms with Gasteiger partial charge < -0.3 is 10.6 Å². The Morgan fingerprint density at radius 1 is 1.29 bits per heavy atom. The Labute approximate surface area is 101 Å². The van der Waals surface area contributed by atoms with Crippen molar-refractivity contribution in [1.82, 2.24) is 10.6 Å². The van der Waals surface area contributed by atoms with Crippen LogP contribution in [0.25, 0.3) is 0 Å². The Morgan fingerprint density at radius 3 is 2.53 bits per heavy atom. The smallest absolute Gasteiger partial charge is 0.216 e. The van der Waals surface area contributed by atoms with E-state index in [1.165, 1.54) is 19.1 Å². The molecule has 0 aliphatic rings. The van der Waals surface area contributed by atoms with Crippen LogP contribution in [0, 0.1) is 5.82 Å². The second-order valence-corrected chi connectivity index (χ2v) is 4.17. The zero-order valence-corrected chi connectivity index (χ0v) is 10.3. The number of nitrogens with one attached hydrogen (secondary N) is 2. The molecule has 0 saturated carbocycles. The van der Waals surface area contributed by atoms with E-state index < -0.39 is 0 Å². The van der Waals surface area contributed by atoms with Gasteiger partial charge in [0.15, 0.2) is 0 Å². The fraction of sp³-hybridized carbons (Fsp3) is 0.462. The van der Waals surface area contributed by atoms with E-state index in [-0.39, 0.29) is 11.7 Å². The standard InChI is InChI=1S/C13H19FN2O/c1-10(15-7-8-16-11(2)17)9-12-3-5-13(14)6-4-12/h3-6,10,15H,7-9H2,1-2H3,(H,16,17). The van der Waals surface area contributed by atoms with E-state index in [1.807, 2.05) is 0 Å². The molecule has 0 radical (unpaired) electrons. The lowest BCUT2D eigenvalue weighted by Gasteiger charge is -2.13. The van der Waals surface area contributed by atoms with Crippen LogP contribution in [0.5, 0.6) is 0 Å². The SMILES string of the molecule is CC(=O)NCCNC(C)Cc1ccc(F)cc1. The van der Waals surface area contributed by atoms with Crippen LogP contribution < -0.4 is 10.6 Å². The molecule has 0 bridgehead atoms. The molecule has 0 aliphatic heterocycles. The Bertz CT molecular complexity index is 351. The van der Waals surface area contributed by atoms with E-state index in [0.717, 1.165) is 18.5 Å². The molecular weight excluding hydrogens is 219 g/mol. The second-order valence-electron chi connectivity index (χ2n) is 4.17. The highest BCUT2D eigenvalue weighted by Gasteiger charge is 2.02. The molecule has 1 rings (SSSR count). The van der Waals surface area contributed by atoms with Gasteiger partial charge in [0, 0.05) is 26.1 Å². The first-order chi connectivity index (χ1) is 8.08. The molecule has 0 aliphatic carbocycles. The van der Waals surface area contributed by atoms with E-state index in [2.05, 4.69) is 17.6 Å². The molecule has 0 saturated heterocycles. The van der Waals surface area contributed by atoms with Gasteiger partial charge in [0.25, 0.3) is 0 Å². The highest BCUT2D eigenvalue weighted by Crippen LogP contribution is 2.05. The van der Waals surface area contributed by atoms with Gasteiger partial charge in [-0.15, -0.1) is 0 Å². The second kappa shape index (κ2) is 7.01. The van der Waals surface area contributed by atoms with E-state index >= 15 is 0 Å². The molecule has 94 valence electrons. The summed E-state index contributed by atoms with van der Waals surface area (Å²) in [6.45, 7) is 4.93. The van der Waals surface area contributed by atoms with Crippen molar-refractivity contribution < 1.29 is 9.18 Å². The Morgan fingerprint density at radius 2 is 1.94 bits per heavy atom. The molecule has 0 fully saturated rings. The van der Waals surface area contributed by atoms with Gasteiger partial charge in [-0.2, -0.15) is 0 Å². The summed E-state index contributed by atoms with van der Waals surface area (Å²) in [6, 6.07) is 6.83. The third-order valence-corrected chi connectivity index (χ3v) is 2.45. The molecule has 1 amide bonds. The topological polar surface area (TPSA) is 41.1 Å². The van der Waals surface area contributed by atoms with Crippen LogP contribution in [0.2, 0.25) is 0 Å². The molecule has 1 unspecified atom stereocenters. The number of benzene rings is 1. The van der Waals surface area contributed by atoms with Gasteiger partial charge in [-0.25, -0.2) is 4.39 Å². The van der Waals surface area contributed by atoms with Crippen LogP contribution in [0.4, 0.5) is 4.39 Å². The van der Waals surface area contributed by atoms with Crippen molar-refractivity contribution in [1.29, 1.82) is 0 Å². The maximum absolute atomic E-state index is 12.7. The van der Waals surface area contributed by atoms with E-state index in [4.69, 9.17) is 0 Å². The Kier molecular flexibility index (Phi) is 5.63. The summed E-state index contributed by atoms with van der Waals surface area (Å²) in [5.41, 5.74) is 1.10. The summed E-state index contributed by atoms with van der Waals surface area (Å²) < 4.78 is 12.7. The van der Waals surface area contributed by atoms with Crippen molar-refractivity contribution in [2.45, 2.75) is 26.3 Å². The summed E-state index contributed by atoms with van der Waals surface area (Å²) in [6.07, 6.45) is 0.848. The fourth-order valence-corrected chi connectivity index (χ4v) is 1.60. The van der Waals surface area contributed by atoms with Gasteiger partial charge in [-0.05, 0) is 31.0 Å². The summed E-state index contributed by atoms with van der Waals surface area (Å²) in [5, 5.41) is 6.01. The zero-order valence-electron chi connectivity index (χ0n) is 10.3. The third kappa shape index (κ3) is 6.02. The van der Waals surface area contributed by atoms with Crippen LogP contribution in [0.3, 0.4) is 0 Å². The number of halogens is 1. The summed E-state index contributed by atoms with van der Waals surface area (Å²) in [4.78, 5) is 10.6. The molecule has 0 spiro atoms. The maximum atomic E-state index is 12.7. The van der Waals surface area contributed by atoms with Crippen molar-refractivity contribution in [2.75, 3.05) is 13.1 Å². The summed E-state index contributed by atoms with van der Waals surface area (Å²) >= 11 is 0. The number of carbonyl (C=O) groups is 1. The van der Waals surface area contributed by atoms with Gasteiger partial charge in [-0.1, -0.05) is 12.1 Å². The predicted molar refractivity (Wildman–Crippen MR) is 66.3 cm³/mol. The molecule has 1 aromatic carbocycles. The van der Waals surface area contributed by atoms with Crippen LogP contribution in [-0.2, 0) is 11.2 Å². The van der Waals surface area contributed by atoms with Gasteiger partial charge in [0.2, 0.25) is 5.91 Å². The van der Waals surface area contributed by atoms with Crippen molar-refractivity contribution in [3.63, 3.8) is 0 Å². The van der Waals surface area contributed by atoms with Crippen LogP contribution in [-0.4, -0.2) is 25.0 Å². The van der Waals surface area contributed by atoms with Crippen molar-refractivity contribution in [2.24, 2.45) is 0 Å². The lowest BCUT2D eigenvalue weighted by molar-refractivity contribution is -0.118. The van der Waals surface area contributed by atoms with Crippen LogP contribution in [0.15, 0.2) is 24.3 Å². The summed E-state index contributed by atoms with van der Waals surface area (Å²) in [5.74, 6) is -0.224. The molecule has 0 heterocycles. The third-order valence-electron chi connectivity index (χ3n) is 2.45. The van der Waals surface area contributed by atoms with E-state index in [9.17, 15) is 9.18 Å². The lowest BCUT2D eigenvalue weighted by Crippen LogP contribution is -2.35. The van der Waals surface area contributed by atoms with Crippen molar-refractivity contribution in [3.05, 3.63) is 35.6 Å². The minimum absolute atomic E-state index is 0.0158. The number of rotatable bonds is 6. The number of amides is 1. The van der Waals surface area contributed by atoms with Gasteiger partial charge >= 0.3 is 0 Å². The molecule has 1 atom stereocenters. The van der Waals surface area contributed by atoms with Gasteiger partial charge in [0.05, 0.1) is 0 Å². The highest BCUT2D eigenvalue weighted by molar-refractivity contribution is 5.72. The maximum Gasteiger partial charge on any atom is 0.216 e. The molecule has 17 heavy (non-hydrogen) atoms. The largest absolute Gasteiger partial charge is 0.355 e. The molecule has 2 N–H and O–H groups in total. The van der Waals surface area contributed by atoms with Crippen molar-refractivity contribution in [3.8, 4) is 0 Å². The fourth-order valence-electron chi connectivity index (χ4n) is 1.60. The number of carbonyl (C=O) groups excluding carboxylic acids is 1. The predicted octanol–water partition coefficient (Wildman–Crippen LogP) is 1.48. The van der Waals surface area contributed by atoms with Crippen LogP contribution >= 0.6 is 0 Å². The average Bonchev–Trinajstić information content (AvgIpc) is 2.27. The van der Waals surface area contributed by atoms with E-state index in [0.29, 0.717) is 12.6 Å². The molecule has 3 nitrogen and oxygen atoms in total. The zero-order chi connectivity index (χ0) is 12.7. The number of hydrogen-bond acceptors (Lipinski definition) is 2. The highest BCUT2D eigenvalue weighted by atomic mass is 19.1. The molecular formula is C13H19FN2O. The minimum Gasteiger partial charge on any atom is -0.355 e. The molecule has 0 aromatic heterocycles. The lowest BCUT2D eigenvalue weighted by atomic mass is 10.1. The molecule has 4 heteroatoms.